The zero-order valence-electron chi connectivity index (χ0n) is 16.6. The van der Waals surface area contributed by atoms with Gasteiger partial charge in [-0.1, -0.05) is 30.3 Å². The van der Waals surface area contributed by atoms with Crippen molar-refractivity contribution in [1.29, 1.82) is 0 Å². The average molecular weight is 409 g/mol. The van der Waals surface area contributed by atoms with E-state index in [1.807, 2.05) is 30.3 Å². The van der Waals surface area contributed by atoms with Gasteiger partial charge in [0.15, 0.2) is 6.61 Å². The number of benzene rings is 2. The molecule has 0 aliphatic carbocycles. The van der Waals surface area contributed by atoms with E-state index in [4.69, 9.17) is 18.6 Å². The first kappa shape index (κ1) is 21.0. The molecule has 0 fully saturated rings. The van der Waals surface area contributed by atoms with Crippen molar-refractivity contribution in [2.45, 2.75) is 13.0 Å². The van der Waals surface area contributed by atoms with Gasteiger partial charge in [0, 0.05) is 0 Å². The van der Waals surface area contributed by atoms with Crippen LogP contribution in [0.5, 0.6) is 11.5 Å². The molecule has 1 atom stereocenters. The van der Waals surface area contributed by atoms with Crippen molar-refractivity contribution in [2.75, 3.05) is 19.8 Å². The van der Waals surface area contributed by atoms with Crippen LogP contribution in [-0.4, -0.2) is 31.7 Å². The number of nitrogens with one attached hydrogen (secondary N) is 1. The maximum Gasteiger partial charge on any atom is 0.342 e. The van der Waals surface area contributed by atoms with Gasteiger partial charge in [-0.25, -0.2) is 4.79 Å². The second-order valence-corrected chi connectivity index (χ2v) is 6.39. The molecule has 7 nitrogen and oxygen atoms in total. The van der Waals surface area contributed by atoms with Gasteiger partial charge in [0.25, 0.3) is 5.91 Å². The predicted molar refractivity (Wildman–Crippen MR) is 109 cm³/mol. The van der Waals surface area contributed by atoms with Crippen LogP contribution in [0.15, 0.2) is 77.4 Å². The van der Waals surface area contributed by atoms with Gasteiger partial charge in [0.1, 0.15) is 36.0 Å². The van der Waals surface area contributed by atoms with Gasteiger partial charge in [-0.15, -0.1) is 0 Å². The lowest BCUT2D eigenvalue weighted by Crippen LogP contribution is -2.31. The molecule has 1 N–H and O–H groups in total. The van der Waals surface area contributed by atoms with E-state index in [-0.39, 0.29) is 18.2 Å². The maximum absolute atomic E-state index is 12.4. The molecule has 1 amide bonds. The monoisotopic (exact) mass is 409 g/mol. The molecule has 3 aromatic rings. The Morgan fingerprint density at radius 3 is 2.43 bits per heavy atom. The van der Waals surface area contributed by atoms with Gasteiger partial charge in [-0.05, 0) is 43.3 Å². The van der Waals surface area contributed by atoms with Crippen molar-refractivity contribution in [3.05, 3.63) is 84.3 Å². The van der Waals surface area contributed by atoms with Crippen molar-refractivity contribution in [1.82, 2.24) is 5.32 Å². The number of carbonyl (C=O) groups excluding carboxylic acids is 2. The molecule has 0 bridgehead atoms. The van der Waals surface area contributed by atoms with Gasteiger partial charge in [0.05, 0.1) is 12.3 Å². The zero-order chi connectivity index (χ0) is 21.2. The molecule has 0 unspecified atom stereocenters. The van der Waals surface area contributed by atoms with Gasteiger partial charge < -0.3 is 23.9 Å². The molecule has 0 radical (unpaired) electrons. The summed E-state index contributed by atoms with van der Waals surface area (Å²) in [5.74, 6) is 0.649. The Bertz CT molecular complexity index is 939. The Hall–Kier alpha value is -3.74. The smallest absolute Gasteiger partial charge is 0.342 e. The summed E-state index contributed by atoms with van der Waals surface area (Å²) < 4.78 is 21.6. The number of furan rings is 1. The molecule has 0 aliphatic heterocycles. The number of ether oxygens (including phenoxy) is 3. The standard InChI is InChI=1S/C23H23NO6/c1-17(20-12-7-13-28-20)24-22(25)16-30-23(26)19-10-5-6-11-21(19)29-15-14-27-18-8-3-2-4-9-18/h2-13,17H,14-16H2,1H3,(H,24,25)/t17-/m0/s1. The number of para-hydroxylation sites is 2. The highest BCUT2D eigenvalue weighted by atomic mass is 16.5. The first-order chi connectivity index (χ1) is 14.6. The fourth-order valence-corrected chi connectivity index (χ4v) is 2.69. The fraction of sp³-hybridized carbons (Fsp3) is 0.217. The van der Waals surface area contributed by atoms with Crippen LogP contribution in [0.3, 0.4) is 0 Å². The summed E-state index contributed by atoms with van der Waals surface area (Å²) in [7, 11) is 0. The highest BCUT2D eigenvalue weighted by Gasteiger charge is 2.17. The molecule has 0 saturated heterocycles. The van der Waals surface area contributed by atoms with E-state index in [0.29, 0.717) is 18.1 Å². The first-order valence-corrected chi connectivity index (χ1v) is 9.53. The topological polar surface area (TPSA) is 87.0 Å². The zero-order valence-corrected chi connectivity index (χ0v) is 16.6. The Labute approximate surface area is 174 Å². The minimum absolute atomic E-state index is 0.240. The van der Waals surface area contributed by atoms with Crippen LogP contribution in [0.1, 0.15) is 29.1 Å². The van der Waals surface area contributed by atoms with Crippen LogP contribution < -0.4 is 14.8 Å². The summed E-state index contributed by atoms with van der Waals surface area (Å²) in [6, 6.07) is 19.2. The normalized spacial score (nSPS) is 11.4. The number of rotatable bonds is 10. The van der Waals surface area contributed by atoms with Crippen LogP contribution in [0.2, 0.25) is 0 Å². The largest absolute Gasteiger partial charge is 0.490 e. The van der Waals surface area contributed by atoms with Crippen molar-refractivity contribution in [2.24, 2.45) is 0 Å². The third-order valence-corrected chi connectivity index (χ3v) is 4.14. The molecule has 0 saturated carbocycles. The molecule has 1 aromatic heterocycles. The summed E-state index contributed by atoms with van der Waals surface area (Å²) in [6.07, 6.45) is 1.53. The molecule has 156 valence electrons. The van der Waals surface area contributed by atoms with E-state index in [0.717, 1.165) is 5.75 Å². The molecule has 30 heavy (non-hydrogen) atoms. The molecular formula is C23H23NO6. The molecule has 2 aromatic carbocycles. The van der Waals surface area contributed by atoms with Gasteiger partial charge >= 0.3 is 5.97 Å². The highest BCUT2D eigenvalue weighted by molar-refractivity contribution is 5.94. The maximum atomic E-state index is 12.4. The van der Waals surface area contributed by atoms with Crippen LogP contribution in [0.4, 0.5) is 0 Å². The molecule has 1 heterocycles. The first-order valence-electron chi connectivity index (χ1n) is 9.53. The van der Waals surface area contributed by atoms with Crippen LogP contribution in [0, 0.1) is 0 Å². The van der Waals surface area contributed by atoms with Crippen molar-refractivity contribution < 1.29 is 28.2 Å². The highest BCUT2D eigenvalue weighted by Crippen LogP contribution is 2.19. The second-order valence-electron chi connectivity index (χ2n) is 6.39. The lowest BCUT2D eigenvalue weighted by atomic mass is 10.2. The summed E-state index contributed by atoms with van der Waals surface area (Å²) in [5, 5.41) is 2.70. The number of esters is 1. The van der Waals surface area contributed by atoms with E-state index in [9.17, 15) is 9.59 Å². The molecule has 0 aliphatic rings. The second kappa shape index (κ2) is 10.7. The van der Waals surface area contributed by atoms with E-state index in [1.54, 1.807) is 43.3 Å². The minimum Gasteiger partial charge on any atom is -0.490 e. The number of amides is 1. The minimum atomic E-state index is -0.643. The summed E-state index contributed by atoms with van der Waals surface area (Å²) in [4.78, 5) is 24.4. The predicted octanol–water partition coefficient (Wildman–Crippen LogP) is 3.77. The Morgan fingerprint density at radius 1 is 0.933 bits per heavy atom. The third-order valence-electron chi connectivity index (χ3n) is 4.14. The van der Waals surface area contributed by atoms with Crippen molar-refractivity contribution in [3.8, 4) is 11.5 Å². The summed E-state index contributed by atoms with van der Waals surface area (Å²) in [5.41, 5.74) is 0.240. The average Bonchev–Trinajstić information content (AvgIpc) is 3.31. The van der Waals surface area contributed by atoms with Crippen molar-refractivity contribution in [3.63, 3.8) is 0 Å². The Balaban J connectivity index is 1.46. The van der Waals surface area contributed by atoms with Gasteiger partial charge in [-0.2, -0.15) is 0 Å². The molecule has 0 spiro atoms. The number of hydrogen-bond donors (Lipinski definition) is 1. The number of hydrogen-bond acceptors (Lipinski definition) is 6. The van der Waals surface area contributed by atoms with Crippen LogP contribution in [-0.2, 0) is 9.53 Å². The Morgan fingerprint density at radius 2 is 1.67 bits per heavy atom. The van der Waals surface area contributed by atoms with E-state index < -0.39 is 18.5 Å². The van der Waals surface area contributed by atoms with Crippen LogP contribution in [0.25, 0.3) is 0 Å². The lowest BCUT2D eigenvalue weighted by Gasteiger charge is -2.13. The quantitative estimate of drug-likeness (QED) is 0.405. The SMILES string of the molecule is C[C@H](NC(=O)COC(=O)c1ccccc1OCCOc1ccccc1)c1ccco1. The summed E-state index contributed by atoms with van der Waals surface area (Å²) >= 11 is 0. The van der Waals surface area contributed by atoms with E-state index in [2.05, 4.69) is 5.32 Å². The van der Waals surface area contributed by atoms with Crippen LogP contribution >= 0.6 is 0 Å². The molecule has 3 rings (SSSR count). The fourth-order valence-electron chi connectivity index (χ4n) is 2.69. The number of carbonyl (C=O) groups is 2. The lowest BCUT2D eigenvalue weighted by molar-refractivity contribution is -0.125. The van der Waals surface area contributed by atoms with Crippen molar-refractivity contribution >= 4 is 11.9 Å². The molecular weight excluding hydrogens is 386 g/mol. The Kier molecular flexibility index (Phi) is 7.49. The summed E-state index contributed by atoms with van der Waals surface area (Å²) in [6.45, 7) is 1.94. The van der Waals surface area contributed by atoms with E-state index in [1.165, 1.54) is 6.26 Å². The molecule has 7 heteroatoms. The third kappa shape index (κ3) is 6.13. The van der Waals surface area contributed by atoms with E-state index >= 15 is 0 Å². The van der Waals surface area contributed by atoms with Gasteiger partial charge in [0.2, 0.25) is 0 Å². The van der Waals surface area contributed by atoms with Gasteiger partial charge in [-0.3, -0.25) is 4.79 Å².